The highest BCUT2D eigenvalue weighted by Gasteiger charge is 2.10. The third-order valence-corrected chi connectivity index (χ3v) is 3.14. The molecule has 18 heavy (non-hydrogen) atoms. The first-order valence-corrected chi connectivity index (χ1v) is 6.79. The summed E-state index contributed by atoms with van der Waals surface area (Å²) in [6.45, 7) is 10.6. The Morgan fingerprint density at radius 1 is 1.28 bits per heavy atom. The third kappa shape index (κ3) is 4.61. The lowest BCUT2D eigenvalue weighted by Crippen LogP contribution is -2.29. The third-order valence-electron chi connectivity index (χ3n) is 3.14. The smallest absolute Gasteiger partial charge is 0.147 e. The summed E-state index contributed by atoms with van der Waals surface area (Å²) in [5.74, 6) is 1.61. The van der Waals surface area contributed by atoms with E-state index in [0.717, 1.165) is 31.0 Å². The van der Waals surface area contributed by atoms with Crippen molar-refractivity contribution in [2.45, 2.75) is 46.7 Å². The van der Waals surface area contributed by atoms with Gasteiger partial charge in [0.15, 0.2) is 0 Å². The van der Waals surface area contributed by atoms with Crippen molar-refractivity contribution >= 4 is 5.82 Å². The zero-order valence-electron chi connectivity index (χ0n) is 12.3. The summed E-state index contributed by atoms with van der Waals surface area (Å²) in [7, 11) is 2.07. The Labute approximate surface area is 111 Å². The summed E-state index contributed by atoms with van der Waals surface area (Å²) in [5.41, 5.74) is 1.00. The molecule has 1 rings (SSSR count). The van der Waals surface area contributed by atoms with E-state index in [1.165, 1.54) is 0 Å². The fourth-order valence-electron chi connectivity index (χ4n) is 1.64. The van der Waals surface area contributed by atoms with Gasteiger partial charge in [0.05, 0.1) is 11.9 Å². The van der Waals surface area contributed by atoms with Gasteiger partial charge in [-0.2, -0.15) is 0 Å². The predicted octanol–water partition coefficient (Wildman–Crippen LogP) is 2.46. The van der Waals surface area contributed by atoms with Gasteiger partial charge in [-0.15, -0.1) is 0 Å². The Kier molecular flexibility index (Phi) is 6.05. The van der Waals surface area contributed by atoms with Crippen LogP contribution in [0.3, 0.4) is 0 Å². The average molecular weight is 250 g/mol. The molecule has 1 atom stereocenters. The standard InChI is InChI=1S/C14H26N4/c1-6-12(4)18(5)14-10-16-9-13(17-14)8-15-7-11(2)3/h9-12,15H,6-8H2,1-5H3. The number of anilines is 1. The molecular formula is C14H26N4. The molecule has 4 heteroatoms. The van der Waals surface area contributed by atoms with E-state index in [-0.39, 0.29) is 0 Å². The molecule has 1 aromatic rings. The summed E-state index contributed by atoms with van der Waals surface area (Å²) in [6, 6.07) is 0.484. The molecule has 0 radical (unpaired) electrons. The van der Waals surface area contributed by atoms with E-state index in [0.29, 0.717) is 12.0 Å². The van der Waals surface area contributed by atoms with Crippen LogP contribution in [-0.4, -0.2) is 29.6 Å². The van der Waals surface area contributed by atoms with E-state index < -0.39 is 0 Å². The monoisotopic (exact) mass is 250 g/mol. The maximum atomic E-state index is 4.64. The van der Waals surface area contributed by atoms with Gasteiger partial charge in [0, 0.05) is 25.8 Å². The molecule has 0 saturated carbocycles. The maximum Gasteiger partial charge on any atom is 0.147 e. The summed E-state index contributed by atoms with van der Waals surface area (Å²) in [5, 5.41) is 3.39. The van der Waals surface area contributed by atoms with Crippen LogP contribution in [0.15, 0.2) is 12.4 Å². The Bertz CT molecular complexity index is 351. The minimum Gasteiger partial charge on any atom is -0.356 e. The van der Waals surface area contributed by atoms with Gasteiger partial charge in [0.25, 0.3) is 0 Å². The SMILES string of the molecule is CCC(C)N(C)c1cncc(CNCC(C)C)n1. The lowest BCUT2D eigenvalue weighted by molar-refractivity contribution is 0.547. The van der Waals surface area contributed by atoms with E-state index in [9.17, 15) is 0 Å². The molecule has 102 valence electrons. The number of nitrogens with zero attached hydrogens (tertiary/aromatic N) is 3. The molecule has 0 aliphatic rings. The van der Waals surface area contributed by atoms with Crippen LogP contribution < -0.4 is 10.2 Å². The van der Waals surface area contributed by atoms with Crippen LogP contribution >= 0.6 is 0 Å². The van der Waals surface area contributed by atoms with Crippen LogP contribution in [0, 0.1) is 5.92 Å². The number of hydrogen-bond acceptors (Lipinski definition) is 4. The quantitative estimate of drug-likeness (QED) is 0.807. The Balaban J connectivity index is 2.61. The van der Waals surface area contributed by atoms with Crippen molar-refractivity contribution in [3.63, 3.8) is 0 Å². The first-order chi connectivity index (χ1) is 8.54. The Hall–Kier alpha value is -1.16. The van der Waals surface area contributed by atoms with Crippen molar-refractivity contribution in [3.05, 3.63) is 18.1 Å². The van der Waals surface area contributed by atoms with Crippen LogP contribution in [0.5, 0.6) is 0 Å². The van der Waals surface area contributed by atoms with E-state index in [1.807, 2.05) is 12.4 Å². The molecule has 0 bridgehead atoms. The van der Waals surface area contributed by atoms with Gasteiger partial charge in [-0.3, -0.25) is 4.98 Å². The topological polar surface area (TPSA) is 41.1 Å². The zero-order valence-corrected chi connectivity index (χ0v) is 12.3. The van der Waals surface area contributed by atoms with Crippen molar-refractivity contribution in [1.82, 2.24) is 15.3 Å². The highest BCUT2D eigenvalue weighted by molar-refractivity contribution is 5.36. The summed E-state index contributed by atoms with van der Waals surface area (Å²) in [6.07, 6.45) is 4.77. The van der Waals surface area contributed by atoms with E-state index in [4.69, 9.17) is 0 Å². The lowest BCUT2D eigenvalue weighted by atomic mass is 10.2. The second kappa shape index (κ2) is 7.31. The van der Waals surface area contributed by atoms with E-state index in [2.05, 4.69) is 54.9 Å². The van der Waals surface area contributed by atoms with Crippen LogP contribution in [0.25, 0.3) is 0 Å². The number of hydrogen-bond donors (Lipinski definition) is 1. The molecule has 1 unspecified atom stereocenters. The molecule has 0 fully saturated rings. The molecule has 1 heterocycles. The van der Waals surface area contributed by atoms with Gasteiger partial charge in [0.1, 0.15) is 5.82 Å². The van der Waals surface area contributed by atoms with Crippen LogP contribution in [0.4, 0.5) is 5.82 Å². The van der Waals surface area contributed by atoms with Crippen molar-refractivity contribution in [2.75, 3.05) is 18.5 Å². The van der Waals surface area contributed by atoms with Crippen LogP contribution in [0.2, 0.25) is 0 Å². The fraction of sp³-hybridized carbons (Fsp3) is 0.714. The molecule has 0 aliphatic carbocycles. The molecule has 1 N–H and O–H groups in total. The van der Waals surface area contributed by atoms with Crippen molar-refractivity contribution in [2.24, 2.45) is 5.92 Å². The van der Waals surface area contributed by atoms with E-state index >= 15 is 0 Å². The molecule has 0 spiro atoms. The minimum atomic E-state index is 0.484. The Morgan fingerprint density at radius 3 is 2.61 bits per heavy atom. The molecule has 0 saturated heterocycles. The van der Waals surface area contributed by atoms with Crippen molar-refractivity contribution in [3.8, 4) is 0 Å². The second-order valence-electron chi connectivity index (χ2n) is 5.26. The maximum absolute atomic E-state index is 4.64. The van der Waals surface area contributed by atoms with Gasteiger partial charge >= 0.3 is 0 Å². The number of rotatable bonds is 7. The molecule has 4 nitrogen and oxygen atoms in total. The number of aromatic nitrogens is 2. The highest BCUT2D eigenvalue weighted by Crippen LogP contribution is 2.12. The highest BCUT2D eigenvalue weighted by atomic mass is 15.2. The summed E-state index contributed by atoms with van der Waals surface area (Å²) >= 11 is 0. The molecule has 0 aliphatic heterocycles. The molecular weight excluding hydrogens is 224 g/mol. The average Bonchev–Trinajstić information content (AvgIpc) is 2.37. The largest absolute Gasteiger partial charge is 0.356 e. The van der Waals surface area contributed by atoms with Gasteiger partial charge in [-0.1, -0.05) is 20.8 Å². The van der Waals surface area contributed by atoms with Crippen LogP contribution in [0.1, 0.15) is 39.8 Å². The van der Waals surface area contributed by atoms with Gasteiger partial charge < -0.3 is 10.2 Å². The first kappa shape index (κ1) is 14.9. The van der Waals surface area contributed by atoms with Gasteiger partial charge in [-0.25, -0.2) is 4.98 Å². The van der Waals surface area contributed by atoms with Gasteiger partial charge in [-0.05, 0) is 25.8 Å². The molecule has 0 aromatic carbocycles. The summed E-state index contributed by atoms with van der Waals surface area (Å²) < 4.78 is 0. The zero-order chi connectivity index (χ0) is 13.5. The van der Waals surface area contributed by atoms with Gasteiger partial charge in [0.2, 0.25) is 0 Å². The predicted molar refractivity (Wildman–Crippen MR) is 76.7 cm³/mol. The van der Waals surface area contributed by atoms with Crippen LogP contribution in [-0.2, 0) is 6.54 Å². The normalized spacial score (nSPS) is 12.8. The first-order valence-electron chi connectivity index (χ1n) is 6.79. The molecule has 1 aromatic heterocycles. The van der Waals surface area contributed by atoms with Crippen molar-refractivity contribution < 1.29 is 0 Å². The number of nitrogens with one attached hydrogen (secondary N) is 1. The fourth-order valence-corrected chi connectivity index (χ4v) is 1.64. The minimum absolute atomic E-state index is 0.484. The lowest BCUT2D eigenvalue weighted by Gasteiger charge is -2.24. The summed E-state index contributed by atoms with van der Waals surface area (Å²) in [4.78, 5) is 11.1. The molecule has 0 amide bonds. The van der Waals surface area contributed by atoms with Crippen molar-refractivity contribution in [1.29, 1.82) is 0 Å². The second-order valence-corrected chi connectivity index (χ2v) is 5.26. The Morgan fingerprint density at radius 2 is 2.00 bits per heavy atom. The van der Waals surface area contributed by atoms with E-state index in [1.54, 1.807) is 0 Å².